The fraction of sp³-hybridized carbons (Fsp3) is 0.357. The average Bonchev–Trinajstić information content (AvgIpc) is 2.25. The lowest BCUT2D eigenvalue weighted by molar-refractivity contribution is 0.255. The molecule has 17 heavy (non-hydrogen) atoms. The number of amides is 2. The van der Waals surface area contributed by atoms with E-state index in [1.807, 2.05) is 38.1 Å². The quantitative estimate of drug-likeness (QED) is 0.820. The monoisotopic (exact) mass is 232 g/mol. The summed E-state index contributed by atoms with van der Waals surface area (Å²) in [7, 11) is 0. The van der Waals surface area contributed by atoms with Gasteiger partial charge in [-0.15, -0.1) is 0 Å². The topological polar surface area (TPSA) is 41.1 Å². The number of rotatable bonds is 3. The van der Waals surface area contributed by atoms with E-state index < -0.39 is 0 Å². The van der Waals surface area contributed by atoms with Crippen LogP contribution >= 0.6 is 0 Å². The van der Waals surface area contributed by atoms with Gasteiger partial charge in [0, 0.05) is 11.9 Å². The van der Waals surface area contributed by atoms with E-state index in [1.54, 1.807) is 6.20 Å². The molecular weight excluding hydrogens is 212 g/mol. The normalized spacial score (nSPS) is 11.5. The molecule has 0 unspecified atom stereocenters. The molecule has 2 N–H and O–H groups in total. The van der Waals surface area contributed by atoms with Crippen LogP contribution in [0.15, 0.2) is 36.0 Å². The Balaban J connectivity index is 2.53. The van der Waals surface area contributed by atoms with Crippen molar-refractivity contribution in [2.75, 3.05) is 5.32 Å². The Morgan fingerprint density at radius 3 is 2.65 bits per heavy atom. The maximum absolute atomic E-state index is 11.6. The maximum atomic E-state index is 11.6. The molecule has 2 amide bonds. The number of carbonyl (C=O) groups excluding carboxylic acids is 1. The van der Waals surface area contributed by atoms with Crippen LogP contribution in [0.4, 0.5) is 10.5 Å². The molecule has 0 aliphatic carbocycles. The Hall–Kier alpha value is -1.77. The molecule has 0 atom stereocenters. The third kappa shape index (κ3) is 4.72. The van der Waals surface area contributed by atoms with E-state index in [2.05, 4.69) is 24.5 Å². The van der Waals surface area contributed by atoms with Crippen molar-refractivity contribution in [3.63, 3.8) is 0 Å². The SMILES string of the molecule is C/C(=C\NC(=O)Nc1cccc(C)c1)C(C)C. The van der Waals surface area contributed by atoms with Gasteiger partial charge in [-0.2, -0.15) is 0 Å². The Kier molecular flexibility index (Phi) is 4.76. The van der Waals surface area contributed by atoms with Crippen molar-refractivity contribution in [3.8, 4) is 0 Å². The van der Waals surface area contributed by atoms with E-state index in [1.165, 1.54) is 0 Å². The lowest BCUT2D eigenvalue weighted by Crippen LogP contribution is -2.24. The third-order valence-electron chi connectivity index (χ3n) is 2.62. The summed E-state index contributed by atoms with van der Waals surface area (Å²) in [6.45, 7) is 8.17. The zero-order chi connectivity index (χ0) is 12.8. The summed E-state index contributed by atoms with van der Waals surface area (Å²) in [6.07, 6.45) is 1.75. The highest BCUT2D eigenvalue weighted by molar-refractivity contribution is 5.89. The number of allylic oxidation sites excluding steroid dienone is 1. The minimum Gasteiger partial charge on any atom is -0.314 e. The lowest BCUT2D eigenvalue weighted by atomic mass is 10.1. The van der Waals surface area contributed by atoms with Crippen LogP contribution < -0.4 is 10.6 Å². The molecule has 0 saturated carbocycles. The molecule has 0 aliphatic rings. The largest absolute Gasteiger partial charge is 0.323 e. The van der Waals surface area contributed by atoms with E-state index in [0.29, 0.717) is 5.92 Å². The summed E-state index contributed by atoms with van der Waals surface area (Å²) in [6, 6.07) is 7.49. The van der Waals surface area contributed by atoms with Gasteiger partial charge in [-0.3, -0.25) is 0 Å². The zero-order valence-corrected chi connectivity index (χ0v) is 10.9. The Labute approximate surface area is 103 Å². The van der Waals surface area contributed by atoms with Crippen molar-refractivity contribution >= 4 is 11.7 Å². The fourth-order valence-corrected chi connectivity index (χ4v) is 1.24. The van der Waals surface area contributed by atoms with Gasteiger partial charge in [-0.1, -0.05) is 31.6 Å². The summed E-state index contributed by atoms with van der Waals surface area (Å²) in [5.74, 6) is 0.439. The zero-order valence-electron chi connectivity index (χ0n) is 10.9. The smallest absolute Gasteiger partial charge is 0.314 e. The predicted molar refractivity (Wildman–Crippen MR) is 71.9 cm³/mol. The number of carbonyl (C=O) groups is 1. The third-order valence-corrected chi connectivity index (χ3v) is 2.62. The first-order valence-electron chi connectivity index (χ1n) is 5.80. The van der Waals surface area contributed by atoms with Crippen LogP contribution in [0, 0.1) is 12.8 Å². The van der Waals surface area contributed by atoms with Crippen LogP contribution in [0.2, 0.25) is 0 Å². The second-order valence-corrected chi connectivity index (χ2v) is 4.51. The molecule has 0 heterocycles. The molecule has 0 aliphatic heterocycles. The minimum absolute atomic E-state index is 0.212. The summed E-state index contributed by atoms with van der Waals surface area (Å²) in [4.78, 5) is 11.6. The minimum atomic E-state index is -0.212. The Morgan fingerprint density at radius 1 is 1.35 bits per heavy atom. The van der Waals surface area contributed by atoms with E-state index in [4.69, 9.17) is 0 Å². The van der Waals surface area contributed by atoms with E-state index in [9.17, 15) is 4.79 Å². The van der Waals surface area contributed by atoms with Crippen LogP contribution in [0.3, 0.4) is 0 Å². The highest BCUT2D eigenvalue weighted by Gasteiger charge is 2.01. The number of nitrogens with one attached hydrogen (secondary N) is 2. The molecule has 0 bridgehead atoms. The van der Waals surface area contributed by atoms with Crippen LogP contribution in [-0.2, 0) is 0 Å². The number of benzene rings is 1. The summed E-state index contributed by atoms with van der Waals surface area (Å²) in [5.41, 5.74) is 3.07. The Morgan fingerprint density at radius 2 is 2.06 bits per heavy atom. The van der Waals surface area contributed by atoms with Crippen molar-refractivity contribution < 1.29 is 4.79 Å². The van der Waals surface area contributed by atoms with Gasteiger partial charge in [0.25, 0.3) is 0 Å². The molecular formula is C14H20N2O. The first-order valence-corrected chi connectivity index (χ1v) is 5.80. The number of hydrogen-bond donors (Lipinski definition) is 2. The second kappa shape index (κ2) is 6.09. The van der Waals surface area contributed by atoms with Crippen LogP contribution in [0.25, 0.3) is 0 Å². The van der Waals surface area contributed by atoms with Crippen LogP contribution in [0.5, 0.6) is 0 Å². The molecule has 0 spiro atoms. The molecule has 1 aromatic rings. The van der Waals surface area contributed by atoms with Crippen molar-refractivity contribution in [1.82, 2.24) is 5.32 Å². The molecule has 3 heteroatoms. The second-order valence-electron chi connectivity index (χ2n) is 4.51. The molecule has 0 saturated heterocycles. The molecule has 1 rings (SSSR count). The highest BCUT2D eigenvalue weighted by atomic mass is 16.2. The standard InChI is InChI=1S/C14H20N2O/c1-10(2)12(4)9-15-14(17)16-13-7-5-6-11(3)8-13/h5-10H,1-4H3,(H2,15,16,17)/b12-9+. The molecule has 0 radical (unpaired) electrons. The van der Waals surface area contributed by atoms with Gasteiger partial charge in [0.05, 0.1) is 0 Å². The van der Waals surface area contributed by atoms with Crippen LogP contribution in [0.1, 0.15) is 26.3 Å². The average molecular weight is 232 g/mol. The predicted octanol–water partition coefficient (Wildman–Crippen LogP) is 3.68. The van der Waals surface area contributed by atoms with E-state index in [-0.39, 0.29) is 6.03 Å². The lowest BCUT2D eigenvalue weighted by Gasteiger charge is -2.08. The van der Waals surface area contributed by atoms with Crippen molar-refractivity contribution in [2.24, 2.45) is 5.92 Å². The number of hydrogen-bond acceptors (Lipinski definition) is 1. The van der Waals surface area contributed by atoms with Crippen molar-refractivity contribution in [2.45, 2.75) is 27.7 Å². The number of urea groups is 1. The van der Waals surface area contributed by atoms with E-state index >= 15 is 0 Å². The van der Waals surface area contributed by atoms with Crippen LogP contribution in [-0.4, -0.2) is 6.03 Å². The fourth-order valence-electron chi connectivity index (χ4n) is 1.24. The van der Waals surface area contributed by atoms with E-state index in [0.717, 1.165) is 16.8 Å². The molecule has 92 valence electrons. The first-order chi connectivity index (χ1) is 7.99. The van der Waals surface area contributed by atoms with Crippen molar-refractivity contribution in [3.05, 3.63) is 41.6 Å². The van der Waals surface area contributed by atoms with Gasteiger partial charge in [0.2, 0.25) is 0 Å². The van der Waals surface area contributed by atoms with Crippen molar-refractivity contribution in [1.29, 1.82) is 0 Å². The number of anilines is 1. The summed E-state index contributed by atoms with van der Waals surface area (Å²) < 4.78 is 0. The van der Waals surface area contributed by atoms with Gasteiger partial charge >= 0.3 is 6.03 Å². The van der Waals surface area contributed by atoms with Gasteiger partial charge in [0.15, 0.2) is 0 Å². The van der Waals surface area contributed by atoms with Gasteiger partial charge in [0.1, 0.15) is 0 Å². The first kappa shape index (κ1) is 13.3. The molecule has 0 aromatic heterocycles. The summed E-state index contributed by atoms with van der Waals surface area (Å²) in [5, 5.41) is 5.50. The van der Waals surface area contributed by atoms with Gasteiger partial charge < -0.3 is 10.6 Å². The number of aryl methyl sites for hydroxylation is 1. The van der Waals surface area contributed by atoms with Gasteiger partial charge in [-0.25, -0.2) is 4.79 Å². The molecule has 0 fully saturated rings. The Bertz CT molecular complexity index is 422. The molecule has 1 aromatic carbocycles. The van der Waals surface area contributed by atoms with Gasteiger partial charge in [-0.05, 0) is 37.5 Å². The summed E-state index contributed by atoms with van der Waals surface area (Å²) >= 11 is 0. The maximum Gasteiger partial charge on any atom is 0.323 e. The molecule has 3 nitrogen and oxygen atoms in total. The highest BCUT2D eigenvalue weighted by Crippen LogP contribution is 2.09.